The zero-order chi connectivity index (χ0) is 16.8. The van der Waals surface area contributed by atoms with Crippen LogP contribution in [0.4, 0.5) is 0 Å². The minimum absolute atomic E-state index is 0. The summed E-state index contributed by atoms with van der Waals surface area (Å²) in [6.45, 7) is 3.89. The highest BCUT2D eigenvalue weighted by Crippen LogP contribution is 2.36. The summed E-state index contributed by atoms with van der Waals surface area (Å²) in [5.74, 6) is -0.798. The maximum absolute atomic E-state index is 12.5. The van der Waals surface area contributed by atoms with Crippen LogP contribution < -0.4 is 0 Å². The first kappa shape index (κ1) is 19.4. The zero-order valence-electron chi connectivity index (χ0n) is 14.1. The second kappa shape index (κ2) is 8.99. The summed E-state index contributed by atoms with van der Waals surface area (Å²) in [4.78, 5) is 14.7. The van der Waals surface area contributed by atoms with Crippen LogP contribution in [0.5, 0.6) is 0 Å². The van der Waals surface area contributed by atoms with Gasteiger partial charge < -0.3 is 9.84 Å². The van der Waals surface area contributed by atoms with Crippen LogP contribution in [-0.2, 0) is 14.9 Å². The van der Waals surface area contributed by atoms with E-state index in [1.54, 1.807) is 0 Å². The molecule has 0 aliphatic carbocycles. The van der Waals surface area contributed by atoms with Crippen LogP contribution in [0.3, 0.4) is 0 Å². The van der Waals surface area contributed by atoms with Crippen molar-refractivity contribution in [3.8, 4) is 0 Å². The van der Waals surface area contributed by atoms with E-state index in [2.05, 4.69) is 4.90 Å². The molecule has 4 nitrogen and oxygen atoms in total. The minimum Gasteiger partial charge on any atom is -0.480 e. The summed E-state index contributed by atoms with van der Waals surface area (Å²) < 4.78 is 5.39. The third-order valence-electron chi connectivity index (χ3n) is 4.81. The topological polar surface area (TPSA) is 49.8 Å². The first-order chi connectivity index (χ1) is 11.7. The molecule has 134 valence electrons. The van der Waals surface area contributed by atoms with Gasteiger partial charge in [0.05, 0.1) is 13.2 Å². The summed E-state index contributed by atoms with van der Waals surface area (Å²) in [6.07, 6.45) is 0.538. The highest BCUT2D eigenvalue weighted by molar-refractivity contribution is 5.86. The third kappa shape index (κ3) is 4.21. The summed E-state index contributed by atoms with van der Waals surface area (Å²) in [6, 6.07) is 19.1. The van der Waals surface area contributed by atoms with Crippen LogP contribution in [0, 0.1) is 0 Å². The van der Waals surface area contributed by atoms with Crippen LogP contribution in [0.1, 0.15) is 17.5 Å². The Balaban J connectivity index is 0.00000225. The normalized spacial score (nSPS) is 15.4. The Kier molecular flexibility index (Phi) is 7.00. The van der Waals surface area contributed by atoms with Gasteiger partial charge in [0.25, 0.3) is 0 Å². The lowest BCUT2D eigenvalue weighted by Gasteiger charge is -2.34. The van der Waals surface area contributed by atoms with Gasteiger partial charge in [0.15, 0.2) is 0 Å². The lowest BCUT2D eigenvalue weighted by molar-refractivity contribution is -0.142. The highest BCUT2D eigenvalue weighted by Gasteiger charge is 2.42. The Morgan fingerprint density at radius 2 is 1.44 bits per heavy atom. The van der Waals surface area contributed by atoms with Crippen molar-refractivity contribution in [3.63, 3.8) is 0 Å². The van der Waals surface area contributed by atoms with E-state index in [1.165, 1.54) is 0 Å². The quantitative estimate of drug-likeness (QED) is 0.858. The number of carboxylic acid groups (broad SMARTS) is 1. The molecule has 2 aromatic carbocycles. The number of morpholine rings is 1. The van der Waals surface area contributed by atoms with Gasteiger partial charge in [0.2, 0.25) is 0 Å². The van der Waals surface area contributed by atoms with Crippen LogP contribution in [0.2, 0.25) is 0 Å². The van der Waals surface area contributed by atoms with E-state index in [4.69, 9.17) is 4.74 Å². The SMILES string of the molecule is Cl.O=C(O)C(CCN1CCOCC1)(c1ccccc1)c1ccccc1. The molecule has 1 heterocycles. The standard InChI is InChI=1S/C20H23NO3.ClH/c22-19(23)20(17-7-3-1-4-8-17,18-9-5-2-6-10-18)11-12-21-13-15-24-16-14-21;/h1-10H,11-16H2,(H,22,23);1H. The third-order valence-corrected chi connectivity index (χ3v) is 4.81. The van der Waals surface area contributed by atoms with Crippen molar-refractivity contribution >= 4 is 18.4 Å². The average molecular weight is 362 g/mol. The molecule has 2 aromatic rings. The van der Waals surface area contributed by atoms with E-state index in [0.29, 0.717) is 6.42 Å². The van der Waals surface area contributed by atoms with E-state index < -0.39 is 11.4 Å². The number of aliphatic carboxylic acids is 1. The second-order valence-electron chi connectivity index (χ2n) is 6.15. The van der Waals surface area contributed by atoms with E-state index in [-0.39, 0.29) is 12.4 Å². The highest BCUT2D eigenvalue weighted by atomic mass is 35.5. The fraction of sp³-hybridized carbons (Fsp3) is 0.350. The van der Waals surface area contributed by atoms with Crippen LogP contribution in [0.15, 0.2) is 60.7 Å². The molecule has 3 rings (SSSR count). The number of ether oxygens (including phenoxy) is 1. The molecule has 1 aliphatic rings. The summed E-state index contributed by atoms with van der Waals surface area (Å²) in [5.41, 5.74) is 0.634. The van der Waals surface area contributed by atoms with Crippen LogP contribution in [-0.4, -0.2) is 48.8 Å². The van der Waals surface area contributed by atoms with E-state index in [0.717, 1.165) is 44.0 Å². The first-order valence-corrected chi connectivity index (χ1v) is 8.38. The summed E-state index contributed by atoms with van der Waals surface area (Å²) in [7, 11) is 0. The molecule has 0 spiro atoms. The van der Waals surface area contributed by atoms with Gasteiger partial charge in [0, 0.05) is 19.6 Å². The van der Waals surface area contributed by atoms with Crippen molar-refractivity contribution < 1.29 is 14.6 Å². The van der Waals surface area contributed by atoms with Gasteiger partial charge in [-0.25, -0.2) is 0 Å². The van der Waals surface area contributed by atoms with Crippen molar-refractivity contribution in [1.82, 2.24) is 4.90 Å². The Labute approximate surface area is 154 Å². The molecule has 0 saturated carbocycles. The van der Waals surface area contributed by atoms with Crippen LogP contribution in [0.25, 0.3) is 0 Å². The van der Waals surface area contributed by atoms with Crippen LogP contribution >= 0.6 is 12.4 Å². The molecular formula is C20H24ClNO3. The summed E-state index contributed by atoms with van der Waals surface area (Å²) in [5, 5.41) is 10.2. The number of rotatable bonds is 6. The van der Waals surface area contributed by atoms with Gasteiger partial charge in [-0.3, -0.25) is 9.69 Å². The van der Waals surface area contributed by atoms with Gasteiger partial charge >= 0.3 is 5.97 Å². The van der Waals surface area contributed by atoms with Gasteiger partial charge in [-0.2, -0.15) is 0 Å². The van der Waals surface area contributed by atoms with Crippen molar-refractivity contribution in [1.29, 1.82) is 0 Å². The molecule has 25 heavy (non-hydrogen) atoms. The predicted octanol–water partition coefficient (Wildman–Crippen LogP) is 3.20. The van der Waals surface area contributed by atoms with Gasteiger partial charge in [-0.15, -0.1) is 12.4 Å². The molecule has 0 radical (unpaired) electrons. The van der Waals surface area contributed by atoms with Gasteiger partial charge in [-0.05, 0) is 17.5 Å². The van der Waals surface area contributed by atoms with E-state index >= 15 is 0 Å². The molecule has 0 aromatic heterocycles. The van der Waals surface area contributed by atoms with E-state index in [9.17, 15) is 9.90 Å². The monoisotopic (exact) mass is 361 g/mol. The number of hydrogen-bond donors (Lipinski definition) is 1. The Morgan fingerprint density at radius 1 is 0.960 bits per heavy atom. The largest absolute Gasteiger partial charge is 0.480 e. The van der Waals surface area contributed by atoms with Crippen molar-refractivity contribution in [2.45, 2.75) is 11.8 Å². The molecule has 0 unspecified atom stereocenters. The lowest BCUT2D eigenvalue weighted by Crippen LogP contribution is -2.43. The number of halogens is 1. The molecule has 1 aliphatic heterocycles. The Hall–Kier alpha value is -1.88. The van der Waals surface area contributed by atoms with Gasteiger partial charge in [-0.1, -0.05) is 60.7 Å². The summed E-state index contributed by atoms with van der Waals surface area (Å²) >= 11 is 0. The number of benzene rings is 2. The van der Waals surface area contributed by atoms with E-state index in [1.807, 2.05) is 60.7 Å². The predicted molar refractivity (Wildman–Crippen MR) is 100 cm³/mol. The maximum Gasteiger partial charge on any atom is 0.318 e. The zero-order valence-corrected chi connectivity index (χ0v) is 15.0. The second-order valence-corrected chi connectivity index (χ2v) is 6.15. The Morgan fingerprint density at radius 3 is 1.88 bits per heavy atom. The maximum atomic E-state index is 12.5. The first-order valence-electron chi connectivity index (χ1n) is 8.38. The molecule has 0 amide bonds. The fourth-order valence-electron chi connectivity index (χ4n) is 3.41. The number of hydrogen-bond acceptors (Lipinski definition) is 3. The molecule has 1 N–H and O–H groups in total. The number of carboxylic acids is 1. The number of carbonyl (C=O) groups is 1. The Bertz CT molecular complexity index is 618. The van der Waals surface area contributed by atoms with Gasteiger partial charge in [0.1, 0.15) is 5.41 Å². The van der Waals surface area contributed by atoms with Crippen molar-refractivity contribution in [3.05, 3.63) is 71.8 Å². The molecular weight excluding hydrogens is 338 g/mol. The van der Waals surface area contributed by atoms with Crippen molar-refractivity contribution in [2.75, 3.05) is 32.8 Å². The lowest BCUT2D eigenvalue weighted by atomic mass is 9.72. The minimum atomic E-state index is -1.03. The molecule has 1 fully saturated rings. The average Bonchev–Trinajstić information content (AvgIpc) is 2.65. The smallest absolute Gasteiger partial charge is 0.318 e. The molecule has 0 bridgehead atoms. The fourth-order valence-corrected chi connectivity index (χ4v) is 3.41. The van der Waals surface area contributed by atoms with Crippen molar-refractivity contribution in [2.24, 2.45) is 0 Å². The molecule has 1 saturated heterocycles. The number of nitrogens with zero attached hydrogens (tertiary/aromatic N) is 1. The molecule has 5 heteroatoms. The molecule has 0 atom stereocenters.